The van der Waals surface area contributed by atoms with Crippen LogP contribution in [0, 0.1) is 11.8 Å². The molecule has 18 nitrogen and oxygen atoms in total. The van der Waals surface area contributed by atoms with Crippen LogP contribution in [0.4, 0.5) is 10.5 Å². The van der Waals surface area contributed by atoms with Gasteiger partial charge in [-0.05, 0) is 49.3 Å². The number of rotatable bonds is 29. The summed E-state index contributed by atoms with van der Waals surface area (Å²) in [6.45, 7) is 6.33. The minimum absolute atomic E-state index is 0.0100. The molecule has 1 aliphatic carbocycles. The first-order valence-corrected chi connectivity index (χ1v) is 19.1. The number of hydrogen-bond donors (Lipinski definition) is 6. The monoisotopic (exact) mass is 790 g/mol. The average Bonchev–Trinajstić information content (AvgIpc) is 3.46. The van der Waals surface area contributed by atoms with E-state index >= 15 is 0 Å². The summed E-state index contributed by atoms with van der Waals surface area (Å²) in [4.78, 5) is 73.5. The number of carbonyl (C=O) groups excluding carboxylic acids is 6. The number of ether oxygens (including phenoxy) is 5. The Balaban J connectivity index is 1.32. The largest absolute Gasteiger partial charge is 0.461 e. The van der Waals surface area contributed by atoms with Gasteiger partial charge < -0.3 is 55.8 Å². The zero-order valence-electron chi connectivity index (χ0n) is 32.3. The van der Waals surface area contributed by atoms with Crippen molar-refractivity contribution in [2.24, 2.45) is 17.6 Å². The van der Waals surface area contributed by atoms with Crippen LogP contribution in [0.3, 0.4) is 0 Å². The predicted molar refractivity (Wildman–Crippen MR) is 202 cm³/mol. The van der Waals surface area contributed by atoms with Gasteiger partial charge >= 0.3 is 12.0 Å². The minimum Gasteiger partial charge on any atom is -0.461 e. The highest BCUT2D eigenvalue weighted by atomic mass is 16.6. The van der Waals surface area contributed by atoms with E-state index in [2.05, 4.69) is 21.3 Å². The number of aliphatic hydroxyl groups is 1. The number of amides is 6. The van der Waals surface area contributed by atoms with Gasteiger partial charge in [-0.2, -0.15) is 0 Å². The number of benzene rings is 1. The Morgan fingerprint density at radius 2 is 1.45 bits per heavy atom. The molecule has 312 valence electrons. The lowest BCUT2D eigenvalue weighted by atomic mass is 9.86. The quantitative estimate of drug-likeness (QED) is 0.0284. The van der Waals surface area contributed by atoms with Crippen molar-refractivity contribution in [3.63, 3.8) is 0 Å². The van der Waals surface area contributed by atoms with Crippen molar-refractivity contribution in [2.45, 2.75) is 77.3 Å². The summed E-state index contributed by atoms with van der Waals surface area (Å²) >= 11 is 0. The van der Waals surface area contributed by atoms with Crippen molar-refractivity contribution in [2.75, 3.05) is 71.3 Å². The van der Waals surface area contributed by atoms with Crippen molar-refractivity contribution in [3.05, 3.63) is 42.0 Å². The first kappa shape index (κ1) is 45.8. The van der Waals surface area contributed by atoms with E-state index in [1.165, 1.54) is 12.2 Å². The zero-order valence-corrected chi connectivity index (χ0v) is 32.3. The van der Waals surface area contributed by atoms with Gasteiger partial charge in [-0.3, -0.25) is 28.9 Å². The van der Waals surface area contributed by atoms with E-state index in [4.69, 9.17) is 29.4 Å². The summed E-state index contributed by atoms with van der Waals surface area (Å²) in [5.41, 5.74) is 6.53. The van der Waals surface area contributed by atoms with E-state index in [1.54, 1.807) is 38.1 Å². The maximum Gasteiger partial charge on any atom is 0.312 e. The number of primary amides is 1. The molecule has 1 saturated carbocycles. The van der Waals surface area contributed by atoms with Gasteiger partial charge in [0, 0.05) is 30.8 Å². The molecular formula is C38H58N6O12. The number of carbonyl (C=O) groups is 6. The molecule has 18 heteroatoms. The molecule has 0 saturated heterocycles. The molecule has 3 atom stereocenters. The maximum atomic E-state index is 13.4. The van der Waals surface area contributed by atoms with Crippen LogP contribution >= 0.6 is 0 Å². The van der Waals surface area contributed by atoms with Gasteiger partial charge in [0.1, 0.15) is 18.9 Å². The number of aliphatic hydroxyl groups excluding tert-OH is 1. The molecule has 1 aromatic carbocycles. The molecule has 1 aromatic rings. The zero-order chi connectivity index (χ0) is 40.7. The standard InChI is InChI=1S/C38H58N6O12/c1-26(2)34(43-31(45)14-17-52-19-21-54-23-24-55-22-20-53-18-16-44-32(46)12-13-33(44)47)36(49)42-30(7-4-15-40-38(39)51)35(48)41-29-10-8-27(9-11-29)25-56-37(50)28-5-3-6-28/h8-13,26,28,30,34-35,41,48H,3-7,14-25H2,1-2H3,(H,42,49)(H,43,45)(H3,39,40,51)/t30-,34?,35?/m0/s1. The summed E-state index contributed by atoms with van der Waals surface area (Å²) in [6, 6.07) is 4.64. The summed E-state index contributed by atoms with van der Waals surface area (Å²) in [6.07, 6.45) is 4.68. The summed E-state index contributed by atoms with van der Waals surface area (Å²) in [7, 11) is 0. The number of nitrogens with one attached hydrogen (secondary N) is 4. The molecule has 0 spiro atoms. The molecule has 1 fully saturated rings. The van der Waals surface area contributed by atoms with Crippen molar-refractivity contribution in [3.8, 4) is 0 Å². The summed E-state index contributed by atoms with van der Waals surface area (Å²) in [5, 5.41) is 22.2. The third kappa shape index (κ3) is 17.5. The number of imide groups is 1. The highest BCUT2D eigenvalue weighted by Gasteiger charge is 2.29. The number of esters is 1. The van der Waals surface area contributed by atoms with E-state index in [0.29, 0.717) is 38.5 Å². The number of anilines is 1. The first-order chi connectivity index (χ1) is 26.9. The van der Waals surface area contributed by atoms with Crippen LogP contribution < -0.4 is 27.0 Å². The second-order valence-electron chi connectivity index (χ2n) is 13.7. The fourth-order valence-corrected chi connectivity index (χ4v) is 5.51. The highest BCUT2D eigenvalue weighted by Crippen LogP contribution is 2.27. The van der Waals surface area contributed by atoms with Crippen LogP contribution in [-0.2, 0) is 54.3 Å². The third-order valence-corrected chi connectivity index (χ3v) is 9.00. The second kappa shape index (κ2) is 25.5. The van der Waals surface area contributed by atoms with Gasteiger partial charge in [-0.1, -0.05) is 32.4 Å². The van der Waals surface area contributed by atoms with Gasteiger partial charge in [0.15, 0.2) is 0 Å². The van der Waals surface area contributed by atoms with Crippen LogP contribution in [-0.4, -0.2) is 130 Å². The smallest absolute Gasteiger partial charge is 0.312 e. The molecule has 7 N–H and O–H groups in total. The highest BCUT2D eigenvalue weighted by molar-refractivity contribution is 6.12. The Labute approximate surface area is 327 Å². The Kier molecular flexibility index (Phi) is 20.9. The van der Waals surface area contributed by atoms with E-state index in [1.807, 2.05) is 0 Å². The van der Waals surface area contributed by atoms with Crippen molar-refractivity contribution in [1.82, 2.24) is 20.9 Å². The second-order valence-corrected chi connectivity index (χ2v) is 13.7. The number of hydrogen-bond acceptors (Lipinski definition) is 13. The first-order valence-electron chi connectivity index (χ1n) is 19.1. The fraction of sp³-hybridized carbons (Fsp3) is 0.632. The van der Waals surface area contributed by atoms with Crippen LogP contribution in [0.2, 0.25) is 0 Å². The fourth-order valence-electron chi connectivity index (χ4n) is 5.51. The Morgan fingerprint density at radius 1 is 0.857 bits per heavy atom. The van der Waals surface area contributed by atoms with E-state index in [0.717, 1.165) is 29.7 Å². The lowest BCUT2D eigenvalue weighted by Gasteiger charge is -2.29. The summed E-state index contributed by atoms with van der Waals surface area (Å²) < 4.78 is 27.2. The Bertz CT molecular complexity index is 1420. The van der Waals surface area contributed by atoms with Gasteiger partial charge in [-0.15, -0.1) is 0 Å². The number of nitrogens with zero attached hydrogens (tertiary/aromatic N) is 1. The maximum absolute atomic E-state index is 13.4. The molecule has 1 heterocycles. The van der Waals surface area contributed by atoms with Crippen molar-refractivity contribution in [1.29, 1.82) is 0 Å². The lowest BCUT2D eigenvalue weighted by Crippen LogP contribution is -2.55. The molecular weight excluding hydrogens is 732 g/mol. The molecule has 0 bridgehead atoms. The molecule has 6 amide bonds. The molecule has 2 aliphatic rings. The van der Waals surface area contributed by atoms with Crippen LogP contribution in [0.1, 0.15) is 57.9 Å². The Hall–Kier alpha value is -4.62. The average molecular weight is 791 g/mol. The topological polar surface area (TPSA) is 246 Å². The van der Waals surface area contributed by atoms with Crippen LogP contribution in [0.15, 0.2) is 36.4 Å². The van der Waals surface area contributed by atoms with Gasteiger partial charge in [0.25, 0.3) is 11.8 Å². The predicted octanol–water partition coefficient (Wildman–Crippen LogP) is 0.716. The molecule has 0 aromatic heterocycles. The molecule has 0 radical (unpaired) electrons. The van der Waals surface area contributed by atoms with E-state index in [-0.39, 0.29) is 94.5 Å². The van der Waals surface area contributed by atoms with E-state index < -0.39 is 30.2 Å². The normalized spacial score (nSPS) is 15.6. The molecule has 3 rings (SSSR count). The van der Waals surface area contributed by atoms with Gasteiger partial charge in [-0.25, -0.2) is 4.79 Å². The SMILES string of the molecule is CC(C)C(NC(=O)CCOCCOCCOCCOCCN1C(=O)C=CC1=O)C(=O)N[C@@H](CCCNC(N)=O)C(O)Nc1ccc(COC(=O)C2CCC2)cc1. The number of nitrogens with two attached hydrogens (primary N) is 1. The van der Waals surface area contributed by atoms with Gasteiger partial charge in [0.05, 0.1) is 71.4 Å². The third-order valence-electron chi connectivity index (χ3n) is 9.00. The van der Waals surface area contributed by atoms with Crippen LogP contribution in [0.5, 0.6) is 0 Å². The number of urea groups is 1. The molecule has 1 aliphatic heterocycles. The van der Waals surface area contributed by atoms with Gasteiger partial charge in [0.2, 0.25) is 11.8 Å². The molecule has 2 unspecified atom stereocenters. The lowest BCUT2D eigenvalue weighted by molar-refractivity contribution is -0.152. The summed E-state index contributed by atoms with van der Waals surface area (Å²) in [5.74, 6) is -2.03. The van der Waals surface area contributed by atoms with Crippen LogP contribution in [0.25, 0.3) is 0 Å². The Morgan fingerprint density at radius 3 is 2.00 bits per heavy atom. The van der Waals surface area contributed by atoms with E-state index in [9.17, 15) is 33.9 Å². The molecule has 56 heavy (non-hydrogen) atoms. The van der Waals surface area contributed by atoms with Crippen molar-refractivity contribution >= 4 is 41.3 Å². The minimum atomic E-state index is -1.23. The van der Waals surface area contributed by atoms with Crippen molar-refractivity contribution < 1.29 is 57.6 Å².